The van der Waals surface area contributed by atoms with Crippen LogP contribution in [0.4, 0.5) is 0 Å². The van der Waals surface area contributed by atoms with Crippen molar-refractivity contribution < 1.29 is 9.53 Å². The van der Waals surface area contributed by atoms with Crippen LogP contribution in [0.2, 0.25) is 0 Å². The highest BCUT2D eigenvalue weighted by molar-refractivity contribution is 9.10. The fourth-order valence-electron chi connectivity index (χ4n) is 2.19. The molecular formula is C18H20BrN3O3. The molecule has 0 aliphatic rings. The van der Waals surface area contributed by atoms with Gasteiger partial charge in [-0.2, -0.15) is 5.10 Å². The zero-order valence-corrected chi connectivity index (χ0v) is 15.9. The van der Waals surface area contributed by atoms with E-state index < -0.39 is 5.91 Å². The fraction of sp³-hybridized carbons (Fsp3) is 0.278. The van der Waals surface area contributed by atoms with Crippen LogP contribution in [0, 0.1) is 0 Å². The Balaban J connectivity index is 2.10. The van der Waals surface area contributed by atoms with Gasteiger partial charge in [0, 0.05) is 12.2 Å². The van der Waals surface area contributed by atoms with E-state index in [0.717, 1.165) is 15.8 Å². The normalized spacial score (nSPS) is 11.1. The molecule has 0 aliphatic carbocycles. The average Bonchev–Trinajstić information content (AvgIpc) is 2.57. The molecule has 0 unspecified atom stereocenters. The first-order valence-corrected chi connectivity index (χ1v) is 8.70. The van der Waals surface area contributed by atoms with Crippen LogP contribution in [-0.2, 0) is 0 Å². The van der Waals surface area contributed by atoms with Crippen LogP contribution in [0.3, 0.4) is 0 Å². The van der Waals surface area contributed by atoms with E-state index in [1.807, 2.05) is 39.0 Å². The predicted molar refractivity (Wildman–Crippen MR) is 101 cm³/mol. The summed E-state index contributed by atoms with van der Waals surface area (Å²) in [5.74, 6) is 0.198. The maximum absolute atomic E-state index is 12.3. The summed E-state index contributed by atoms with van der Waals surface area (Å²) in [6.07, 6.45) is 3.16. The maximum atomic E-state index is 12.3. The molecule has 0 saturated heterocycles. The summed E-state index contributed by atoms with van der Waals surface area (Å²) in [5, 5.41) is 3.92. The van der Waals surface area contributed by atoms with E-state index >= 15 is 0 Å². The summed E-state index contributed by atoms with van der Waals surface area (Å²) < 4.78 is 7.74. The number of hydrogen-bond donors (Lipinski definition) is 1. The second kappa shape index (κ2) is 8.62. The van der Waals surface area contributed by atoms with Gasteiger partial charge in [-0.3, -0.25) is 9.59 Å². The first-order valence-electron chi connectivity index (χ1n) is 7.91. The van der Waals surface area contributed by atoms with Crippen LogP contribution in [0.15, 0.2) is 50.9 Å². The molecule has 0 bridgehead atoms. The molecule has 0 atom stereocenters. The third-order valence-electron chi connectivity index (χ3n) is 3.41. The monoisotopic (exact) mass is 405 g/mol. The lowest BCUT2D eigenvalue weighted by Crippen LogP contribution is -2.31. The Morgan fingerprint density at radius 2 is 2.16 bits per heavy atom. The molecule has 1 aromatic heterocycles. The lowest BCUT2D eigenvalue weighted by Gasteiger charge is -2.10. The largest absolute Gasteiger partial charge is 0.493 e. The Hall–Kier alpha value is -2.41. The van der Waals surface area contributed by atoms with Crippen LogP contribution in [-0.4, -0.2) is 23.3 Å². The standard InChI is InChI=1S/C18H20BrN3O3/c1-4-25-16-8-7-13(10-15(16)19)11-20-21-17(23)14-6-5-9-22(12(2)3)18(14)24/h5-12H,4H2,1-3H3,(H,21,23)/b20-11-. The number of carbonyl (C=O) groups is 1. The lowest BCUT2D eigenvalue weighted by atomic mass is 10.2. The van der Waals surface area contributed by atoms with Crippen LogP contribution in [0.1, 0.15) is 42.7 Å². The molecule has 1 amide bonds. The van der Waals surface area contributed by atoms with E-state index in [4.69, 9.17) is 4.74 Å². The highest BCUT2D eigenvalue weighted by Gasteiger charge is 2.12. The Kier molecular flexibility index (Phi) is 6.52. The van der Waals surface area contributed by atoms with Gasteiger partial charge in [-0.05, 0) is 72.6 Å². The zero-order chi connectivity index (χ0) is 18.4. The molecule has 7 heteroatoms. The summed E-state index contributed by atoms with van der Waals surface area (Å²) in [6.45, 7) is 6.25. The zero-order valence-electron chi connectivity index (χ0n) is 14.3. The molecule has 1 aromatic carbocycles. The third-order valence-corrected chi connectivity index (χ3v) is 4.03. The number of pyridine rings is 1. The van der Waals surface area contributed by atoms with Crippen molar-refractivity contribution in [2.24, 2.45) is 5.10 Å². The van der Waals surface area contributed by atoms with Gasteiger partial charge in [0.25, 0.3) is 11.5 Å². The number of nitrogens with one attached hydrogen (secondary N) is 1. The molecule has 0 spiro atoms. The number of amides is 1. The van der Waals surface area contributed by atoms with Crippen molar-refractivity contribution in [1.82, 2.24) is 9.99 Å². The van der Waals surface area contributed by atoms with Gasteiger partial charge < -0.3 is 9.30 Å². The van der Waals surface area contributed by atoms with Crippen molar-refractivity contribution >= 4 is 28.1 Å². The molecule has 0 saturated carbocycles. The number of rotatable bonds is 6. The van der Waals surface area contributed by atoms with Crippen molar-refractivity contribution in [2.75, 3.05) is 6.61 Å². The molecule has 0 radical (unpaired) electrons. The number of aromatic nitrogens is 1. The molecule has 2 rings (SSSR count). The van der Waals surface area contributed by atoms with E-state index in [-0.39, 0.29) is 17.2 Å². The van der Waals surface area contributed by atoms with Crippen molar-refractivity contribution in [3.05, 3.63) is 62.5 Å². The van der Waals surface area contributed by atoms with E-state index in [9.17, 15) is 9.59 Å². The number of benzene rings is 1. The Morgan fingerprint density at radius 1 is 1.40 bits per heavy atom. The van der Waals surface area contributed by atoms with Gasteiger partial charge in [0.2, 0.25) is 0 Å². The first-order chi connectivity index (χ1) is 11.9. The maximum Gasteiger partial charge on any atom is 0.276 e. The van der Waals surface area contributed by atoms with Crippen LogP contribution in [0.5, 0.6) is 5.75 Å². The number of hydrogen-bond acceptors (Lipinski definition) is 4. The van der Waals surface area contributed by atoms with Gasteiger partial charge in [-0.25, -0.2) is 5.43 Å². The van der Waals surface area contributed by atoms with Crippen molar-refractivity contribution in [1.29, 1.82) is 0 Å². The fourth-order valence-corrected chi connectivity index (χ4v) is 2.70. The van der Waals surface area contributed by atoms with Crippen LogP contribution in [0.25, 0.3) is 0 Å². The quantitative estimate of drug-likeness (QED) is 0.591. The van der Waals surface area contributed by atoms with Crippen LogP contribution >= 0.6 is 15.9 Å². The minimum absolute atomic E-state index is 0.0232. The van der Waals surface area contributed by atoms with Gasteiger partial charge >= 0.3 is 0 Å². The molecule has 6 nitrogen and oxygen atoms in total. The number of carbonyl (C=O) groups excluding carboxylic acids is 1. The van der Waals surface area contributed by atoms with E-state index in [2.05, 4.69) is 26.5 Å². The molecule has 25 heavy (non-hydrogen) atoms. The predicted octanol–water partition coefficient (Wildman–Crippen LogP) is 3.35. The van der Waals surface area contributed by atoms with Gasteiger partial charge in [-0.1, -0.05) is 0 Å². The minimum atomic E-state index is -0.541. The van der Waals surface area contributed by atoms with Gasteiger partial charge in [0.1, 0.15) is 11.3 Å². The van der Waals surface area contributed by atoms with E-state index in [1.165, 1.54) is 16.8 Å². The smallest absolute Gasteiger partial charge is 0.276 e. The molecule has 132 valence electrons. The Labute approximate surface area is 154 Å². The van der Waals surface area contributed by atoms with Gasteiger partial charge in [0.15, 0.2) is 0 Å². The summed E-state index contributed by atoms with van der Waals surface area (Å²) in [7, 11) is 0. The van der Waals surface area contributed by atoms with E-state index in [1.54, 1.807) is 12.3 Å². The highest BCUT2D eigenvalue weighted by Crippen LogP contribution is 2.25. The number of nitrogens with zero attached hydrogens (tertiary/aromatic N) is 2. The third kappa shape index (κ3) is 4.79. The Bertz CT molecular complexity index is 844. The van der Waals surface area contributed by atoms with Gasteiger partial charge in [0.05, 0.1) is 17.3 Å². The lowest BCUT2D eigenvalue weighted by molar-refractivity contribution is 0.0953. The second-order valence-electron chi connectivity index (χ2n) is 5.55. The van der Waals surface area contributed by atoms with Crippen molar-refractivity contribution in [3.8, 4) is 5.75 Å². The average molecular weight is 406 g/mol. The van der Waals surface area contributed by atoms with Crippen molar-refractivity contribution in [3.63, 3.8) is 0 Å². The molecule has 0 fully saturated rings. The molecule has 0 aliphatic heterocycles. The highest BCUT2D eigenvalue weighted by atomic mass is 79.9. The summed E-state index contributed by atoms with van der Waals surface area (Å²) in [4.78, 5) is 24.4. The SMILES string of the molecule is CCOc1ccc(/C=N\NC(=O)c2cccn(C(C)C)c2=O)cc1Br. The molecular weight excluding hydrogens is 386 g/mol. The minimum Gasteiger partial charge on any atom is -0.493 e. The van der Waals surface area contributed by atoms with E-state index in [0.29, 0.717) is 6.61 Å². The summed E-state index contributed by atoms with van der Waals surface area (Å²) >= 11 is 3.42. The Morgan fingerprint density at radius 3 is 2.80 bits per heavy atom. The summed E-state index contributed by atoms with van der Waals surface area (Å²) in [6, 6.07) is 8.59. The van der Waals surface area contributed by atoms with Crippen molar-refractivity contribution in [2.45, 2.75) is 26.8 Å². The first kappa shape index (κ1) is 18.9. The van der Waals surface area contributed by atoms with Gasteiger partial charge in [-0.15, -0.1) is 0 Å². The van der Waals surface area contributed by atoms with Crippen LogP contribution < -0.4 is 15.7 Å². The number of hydrazone groups is 1. The molecule has 1 N–H and O–H groups in total. The second-order valence-corrected chi connectivity index (χ2v) is 6.40. The number of halogens is 1. The molecule has 1 heterocycles. The summed E-state index contributed by atoms with van der Waals surface area (Å²) in [5.41, 5.74) is 2.88. The molecule has 2 aromatic rings. The topological polar surface area (TPSA) is 72.7 Å². The number of ether oxygens (including phenoxy) is 1.